The number of nitrogens with zero attached hydrogens (tertiary/aromatic N) is 2. The van der Waals surface area contributed by atoms with Crippen LogP contribution in [0.5, 0.6) is 0 Å². The van der Waals surface area contributed by atoms with Gasteiger partial charge in [0.1, 0.15) is 4.88 Å². The molecule has 39 heavy (non-hydrogen) atoms. The summed E-state index contributed by atoms with van der Waals surface area (Å²) in [5.74, 6) is 5.66. The largest absolute Gasteiger partial charge is 0.477 e. The van der Waals surface area contributed by atoms with Gasteiger partial charge in [0.05, 0.1) is 23.4 Å². The van der Waals surface area contributed by atoms with Gasteiger partial charge in [-0.15, -0.1) is 11.3 Å². The van der Waals surface area contributed by atoms with E-state index in [1.165, 1.54) is 10.6 Å². The summed E-state index contributed by atoms with van der Waals surface area (Å²) >= 11 is 1.11. The summed E-state index contributed by atoms with van der Waals surface area (Å²) in [5.41, 5.74) is 0.186. The summed E-state index contributed by atoms with van der Waals surface area (Å²) in [7, 11) is -1.87. The Bertz CT molecular complexity index is 1170. The molecule has 8 nitrogen and oxygen atoms in total. The fourth-order valence-electron chi connectivity index (χ4n) is 5.63. The van der Waals surface area contributed by atoms with Crippen LogP contribution in [0.4, 0.5) is 5.69 Å². The maximum absolute atomic E-state index is 14.1. The smallest absolute Gasteiger partial charge is 0.348 e. The first-order valence-electron chi connectivity index (χ1n) is 13.9. The molecule has 1 N–H and O–H groups in total. The first-order valence-corrected chi connectivity index (χ1v) is 16.6. The maximum Gasteiger partial charge on any atom is 0.348 e. The molecule has 2 aliphatic carbocycles. The number of carbonyl (C=O) groups excluding carboxylic acids is 1. The van der Waals surface area contributed by atoms with E-state index in [1.807, 2.05) is 20.8 Å². The number of carboxylic acid groups (broad SMARTS) is 1. The number of amides is 1. The first kappa shape index (κ1) is 31.6. The van der Waals surface area contributed by atoms with Crippen molar-refractivity contribution in [2.24, 2.45) is 17.3 Å². The summed E-state index contributed by atoms with van der Waals surface area (Å²) in [5, 5.41) is 10.1. The molecule has 0 atom stereocenters. The molecule has 2 saturated carbocycles. The van der Waals surface area contributed by atoms with E-state index in [2.05, 4.69) is 18.8 Å². The molecule has 0 saturated heterocycles. The van der Waals surface area contributed by atoms with Crippen molar-refractivity contribution < 1.29 is 27.9 Å². The molecule has 1 amide bonds. The van der Waals surface area contributed by atoms with Gasteiger partial charge in [0, 0.05) is 37.1 Å². The van der Waals surface area contributed by atoms with Crippen LogP contribution < -0.4 is 4.90 Å². The number of hydrogen-bond acceptors (Lipinski definition) is 6. The molecule has 0 spiro atoms. The molecule has 0 aromatic carbocycles. The summed E-state index contributed by atoms with van der Waals surface area (Å²) < 4.78 is 31.6. The SMILES string of the molecule is COCCN(C1CCC(N(c2cc(C#CC(C)(C)C)sc2C(=O)O)C(=O)[C@H]2CC[C@H](C)CC2)CC1)S(C)(=O)=O. The number of carboxylic acids is 1. The minimum atomic E-state index is -3.42. The molecule has 1 aromatic rings. The van der Waals surface area contributed by atoms with Crippen LogP contribution in [0.25, 0.3) is 0 Å². The average Bonchev–Trinajstić information content (AvgIpc) is 3.27. The molecule has 0 aliphatic heterocycles. The van der Waals surface area contributed by atoms with E-state index in [1.54, 1.807) is 18.1 Å². The van der Waals surface area contributed by atoms with Gasteiger partial charge in [0.15, 0.2) is 0 Å². The molecule has 0 radical (unpaired) electrons. The molecule has 1 heterocycles. The molecule has 0 unspecified atom stereocenters. The summed E-state index contributed by atoms with van der Waals surface area (Å²) in [6, 6.07) is 1.39. The lowest BCUT2D eigenvalue weighted by Gasteiger charge is -2.41. The second kappa shape index (κ2) is 13.2. The highest BCUT2D eigenvalue weighted by atomic mass is 32.2. The van der Waals surface area contributed by atoms with Crippen LogP contribution >= 0.6 is 11.3 Å². The van der Waals surface area contributed by atoms with Gasteiger partial charge in [0.2, 0.25) is 15.9 Å². The van der Waals surface area contributed by atoms with Crippen molar-refractivity contribution in [2.75, 3.05) is 31.4 Å². The Morgan fingerprint density at radius 1 is 1.08 bits per heavy atom. The molecule has 2 aliphatic rings. The van der Waals surface area contributed by atoms with Crippen molar-refractivity contribution in [3.63, 3.8) is 0 Å². The van der Waals surface area contributed by atoms with Crippen molar-refractivity contribution in [3.8, 4) is 11.8 Å². The number of thiophene rings is 1. The van der Waals surface area contributed by atoms with Gasteiger partial charge in [-0.05, 0) is 84.1 Å². The topological polar surface area (TPSA) is 104 Å². The third-order valence-electron chi connectivity index (χ3n) is 7.71. The molecule has 1 aromatic heterocycles. The van der Waals surface area contributed by atoms with E-state index < -0.39 is 16.0 Å². The zero-order valence-corrected chi connectivity index (χ0v) is 25.8. The zero-order chi connectivity index (χ0) is 29.0. The number of ether oxygens (including phenoxy) is 1. The Kier molecular flexibility index (Phi) is 10.7. The average molecular weight is 581 g/mol. The highest BCUT2D eigenvalue weighted by Crippen LogP contribution is 2.39. The van der Waals surface area contributed by atoms with Crippen molar-refractivity contribution in [2.45, 2.75) is 91.1 Å². The first-order chi connectivity index (χ1) is 18.2. The van der Waals surface area contributed by atoms with Crippen LogP contribution in [-0.2, 0) is 19.6 Å². The molecule has 10 heteroatoms. The maximum atomic E-state index is 14.1. The van der Waals surface area contributed by atoms with Crippen molar-refractivity contribution in [1.82, 2.24) is 4.31 Å². The zero-order valence-electron chi connectivity index (χ0n) is 24.2. The Morgan fingerprint density at radius 2 is 1.67 bits per heavy atom. The monoisotopic (exact) mass is 580 g/mol. The van der Waals surface area contributed by atoms with E-state index in [9.17, 15) is 23.1 Å². The molecular weight excluding hydrogens is 536 g/mol. The number of carbonyl (C=O) groups is 2. The van der Waals surface area contributed by atoms with Crippen LogP contribution in [0.1, 0.15) is 93.6 Å². The van der Waals surface area contributed by atoms with Gasteiger partial charge in [-0.3, -0.25) is 4.79 Å². The fraction of sp³-hybridized carbons (Fsp3) is 0.724. The summed E-state index contributed by atoms with van der Waals surface area (Å²) in [6.45, 7) is 8.80. The van der Waals surface area contributed by atoms with E-state index in [-0.39, 0.29) is 40.7 Å². The van der Waals surface area contributed by atoms with E-state index in [0.717, 1.165) is 37.0 Å². The molecule has 218 valence electrons. The summed E-state index contributed by atoms with van der Waals surface area (Å²) in [4.78, 5) is 29.0. The summed E-state index contributed by atoms with van der Waals surface area (Å²) in [6.07, 6.45) is 7.16. The van der Waals surface area contributed by atoms with Gasteiger partial charge in [0.25, 0.3) is 0 Å². The van der Waals surface area contributed by atoms with Crippen LogP contribution in [0.15, 0.2) is 6.07 Å². The van der Waals surface area contributed by atoms with E-state index >= 15 is 0 Å². The minimum Gasteiger partial charge on any atom is -0.477 e. The van der Waals surface area contributed by atoms with Gasteiger partial charge in [-0.2, -0.15) is 4.31 Å². The van der Waals surface area contributed by atoms with Gasteiger partial charge >= 0.3 is 5.97 Å². The second-order valence-corrected chi connectivity index (χ2v) is 15.1. The lowest BCUT2D eigenvalue weighted by molar-refractivity contribution is -0.124. The number of hydrogen-bond donors (Lipinski definition) is 1. The highest BCUT2D eigenvalue weighted by molar-refractivity contribution is 7.88. The van der Waals surface area contributed by atoms with Gasteiger partial charge < -0.3 is 14.7 Å². The predicted molar refractivity (Wildman–Crippen MR) is 156 cm³/mol. The third kappa shape index (κ3) is 8.53. The minimum absolute atomic E-state index is 0.0136. The predicted octanol–water partition coefficient (Wildman–Crippen LogP) is 5.22. The number of sulfonamides is 1. The quantitative estimate of drug-likeness (QED) is 0.402. The Labute approximate surface area is 238 Å². The normalized spacial score (nSPS) is 24.2. The van der Waals surface area contributed by atoms with Gasteiger partial charge in [-0.1, -0.05) is 18.8 Å². The molecular formula is C29H44N2O6S2. The van der Waals surface area contributed by atoms with Crippen molar-refractivity contribution >= 4 is 38.9 Å². The Morgan fingerprint density at radius 3 is 2.18 bits per heavy atom. The Hall–Kier alpha value is -1.93. The highest BCUT2D eigenvalue weighted by Gasteiger charge is 2.39. The second-order valence-electron chi connectivity index (χ2n) is 12.1. The van der Waals surface area contributed by atoms with Crippen LogP contribution in [-0.4, -0.2) is 68.3 Å². The molecule has 0 bridgehead atoms. The van der Waals surface area contributed by atoms with E-state index in [4.69, 9.17) is 4.74 Å². The lowest BCUT2D eigenvalue weighted by atomic mass is 9.81. The third-order valence-corrected chi connectivity index (χ3v) is 10.1. The van der Waals surface area contributed by atoms with Crippen LogP contribution in [0.3, 0.4) is 0 Å². The van der Waals surface area contributed by atoms with E-state index in [0.29, 0.717) is 48.8 Å². The number of methoxy groups -OCH3 is 1. The standard InChI is InChI=1S/C29H44N2O6S2/c1-20-7-9-21(10-8-20)27(32)31(25-19-24(15-16-29(2,3)4)38-26(25)28(33)34)23-13-11-22(12-14-23)30(17-18-37-5)39(6,35)36/h19-23H,7-14,17-18H2,1-6H3,(H,33,34)/t20-,21-,22?,23?. The van der Waals surface area contributed by atoms with Gasteiger partial charge in [-0.25, -0.2) is 13.2 Å². The number of anilines is 1. The Balaban J connectivity index is 1.95. The van der Waals surface area contributed by atoms with Crippen LogP contribution in [0, 0.1) is 29.1 Å². The fourth-order valence-corrected chi connectivity index (χ4v) is 7.63. The van der Waals surface area contributed by atoms with Crippen molar-refractivity contribution in [3.05, 3.63) is 15.8 Å². The lowest BCUT2D eigenvalue weighted by Crippen LogP contribution is -2.50. The number of aromatic carboxylic acids is 1. The van der Waals surface area contributed by atoms with Crippen molar-refractivity contribution in [1.29, 1.82) is 0 Å². The number of rotatable bonds is 9. The molecule has 3 rings (SSSR count). The molecule has 2 fully saturated rings. The van der Waals surface area contributed by atoms with Crippen LogP contribution in [0.2, 0.25) is 0 Å².